The van der Waals surface area contributed by atoms with Crippen molar-refractivity contribution in [2.24, 2.45) is 0 Å². The number of carbonyl (C=O) groups excluding carboxylic acids is 1. The van der Waals surface area contributed by atoms with Gasteiger partial charge in [-0.15, -0.1) is 13.2 Å². The van der Waals surface area contributed by atoms with Crippen LogP contribution in [0, 0.1) is 6.92 Å². The Bertz CT molecular complexity index is 1020. The molecule has 0 radical (unpaired) electrons. The predicted molar refractivity (Wildman–Crippen MR) is 89.3 cm³/mol. The van der Waals surface area contributed by atoms with Crippen molar-refractivity contribution in [1.29, 1.82) is 0 Å². The number of halogens is 3. The number of ether oxygens (including phenoxy) is 1. The molecule has 0 unspecified atom stereocenters. The van der Waals surface area contributed by atoms with Gasteiger partial charge in [-0.25, -0.2) is 4.98 Å². The van der Waals surface area contributed by atoms with Crippen LogP contribution < -0.4 is 15.8 Å². The molecule has 2 aromatic heterocycles. The molecule has 142 valence electrons. The summed E-state index contributed by atoms with van der Waals surface area (Å²) in [5.74, 6) is -0.633. The maximum absolute atomic E-state index is 12.6. The van der Waals surface area contributed by atoms with E-state index in [0.29, 0.717) is 28.4 Å². The van der Waals surface area contributed by atoms with Crippen molar-refractivity contribution in [1.82, 2.24) is 24.9 Å². The molecule has 3 N–H and O–H groups in total. The van der Waals surface area contributed by atoms with Gasteiger partial charge in [0.2, 0.25) is 0 Å². The van der Waals surface area contributed by atoms with Crippen LogP contribution in [-0.4, -0.2) is 38.9 Å². The fraction of sp³-hybridized carbons (Fsp3) is 0.250. The Labute approximate surface area is 151 Å². The highest BCUT2D eigenvalue weighted by Gasteiger charge is 2.33. The van der Waals surface area contributed by atoms with Crippen molar-refractivity contribution in [2.75, 3.05) is 12.8 Å². The van der Waals surface area contributed by atoms with Crippen LogP contribution in [0.25, 0.3) is 5.78 Å². The highest BCUT2D eigenvalue weighted by molar-refractivity contribution is 5.97. The van der Waals surface area contributed by atoms with Crippen LogP contribution in [0.3, 0.4) is 0 Å². The Morgan fingerprint density at radius 1 is 1.37 bits per heavy atom. The molecule has 3 rings (SSSR count). The fourth-order valence-electron chi connectivity index (χ4n) is 2.65. The Morgan fingerprint density at radius 2 is 2.11 bits per heavy atom. The number of benzene rings is 1. The standard InChI is InChI=1S/C16H15F3N6O2/c1-8-10(13(20)25-15(24-8)22-7-23-25)5-9-3-4-12(27-16(17,18)19)11(6-9)14(26)21-2/h3-4,6-7H,5,20H2,1-2H3,(H,21,26). The first-order valence-corrected chi connectivity index (χ1v) is 7.75. The SMILES string of the molecule is CNC(=O)c1cc(Cc2c(C)nc3ncnn3c2N)ccc1OC(F)(F)F. The summed E-state index contributed by atoms with van der Waals surface area (Å²) in [6, 6.07) is 3.85. The molecule has 0 fully saturated rings. The molecule has 0 saturated carbocycles. The Kier molecular flexibility index (Phi) is 4.60. The minimum absolute atomic E-state index is 0.233. The maximum Gasteiger partial charge on any atom is 0.573 e. The summed E-state index contributed by atoms with van der Waals surface area (Å²) >= 11 is 0. The van der Waals surface area contributed by atoms with Crippen molar-refractivity contribution in [3.05, 3.63) is 46.9 Å². The summed E-state index contributed by atoms with van der Waals surface area (Å²) in [6.45, 7) is 1.74. The van der Waals surface area contributed by atoms with Crippen LogP contribution in [0.15, 0.2) is 24.5 Å². The zero-order valence-corrected chi connectivity index (χ0v) is 14.3. The summed E-state index contributed by atoms with van der Waals surface area (Å²) in [7, 11) is 1.32. The Hall–Kier alpha value is -3.37. The van der Waals surface area contributed by atoms with Crippen LogP contribution in [0.5, 0.6) is 5.75 Å². The first-order chi connectivity index (χ1) is 12.7. The number of nitrogens with one attached hydrogen (secondary N) is 1. The molecule has 11 heteroatoms. The maximum atomic E-state index is 12.6. The van der Waals surface area contributed by atoms with Crippen LogP contribution in [0.4, 0.5) is 19.0 Å². The van der Waals surface area contributed by atoms with Gasteiger partial charge < -0.3 is 15.8 Å². The summed E-state index contributed by atoms with van der Waals surface area (Å²) in [5, 5.41) is 6.28. The van der Waals surface area contributed by atoms with E-state index in [9.17, 15) is 18.0 Å². The van der Waals surface area contributed by atoms with Crippen LogP contribution >= 0.6 is 0 Å². The monoisotopic (exact) mass is 380 g/mol. The van der Waals surface area contributed by atoms with Gasteiger partial charge in [-0.2, -0.15) is 14.6 Å². The number of nitrogens with zero attached hydrogens (tertiary/aromatic N) is 4. The molecule has 2 heterocycles. The van der Waals surface area contributed by atoms with E-state index in [0.717, 1.165) is 6.07 Å². The summed E-state index contributed by atoms with van der Waals surface area (Å²) in [5.41, 5.74) is 7.66. The van der Waals surface area contributed by atoms with Crippen molar-refractivity contribution in [3.8, 4) is 5.75 Å². The number of aromatic nitrogens is 4. The topological polar surface area (TPSA) is 107 Å². The number of nitrogen functional groups attached to an aromatic ring is 1. The lowest BCUT2D eigenvalue weighted by molar-refractivity contribution is -0.274. The number of hydrogen-bond acceptors (Lipinski definition) is 6. The average molecular weight is 380 g/mol. The number of alkyl halides is 3. The number of hydrogen-bond donors (Lipinski definition) is 2. The van der Waals surface area contributed by atoms with Crippen molar-refractivity contribution >= 4 is 17.5 Å². The van der Waals surface area contributed by atoms with E-state index in [1.54, 1.807) is 6.92 Å². The van der Waals surface area contributed by atoms with Gasteiger partial charge in [-0.1, -0.05) is 6.07 Å². The number of rotatable bonds is 4. The molecule has 0 atom stereocenters. The van der Waals surface area contributed by atoms with Crippen molar-refractivity contribution in [3.63, 3.8) is 0 Å². The smallest absolute Gasteiger partial charge is 0.405 e. The van der Waals surface area contributed by atoms with E-state index in [1.165, 1.54) is 30.0 Å². The number of aryl methyl sites for hydroxylation is 1. The zero-order chi connectivity index (χ0) is 19.8. The highest BCUT2D eigenvalue weighted by Crippen LogP contribution is 2.29. The largest absolute Gasteiger partial charge is 0.573 e. The number of nitrogens with two attached hydrogens (primary N) is 1. The minimum Gasteiger partial charge on any atom is -0.405 e. The highest BCUT2D eigenvalue weighted by atomic mass is 19.4. The van der Waals surface area contributed by atoms with Gasteiger partial charge in [0.15, 0.2) is 0 Å². The normalized spacial score (nSPS) is 11.6. The predicted octanol–water partition coefficient (Wildman–Crippen LogP) is 1.86. The van der Waals surface area contributed by atoms with Gasteiger partial charge in [0.25, 0.3) is 11.7 Å². The van der Waals surface area contributed by atoms with Gasteiger partial charge in [-0.05, 0) is 24.6 Å². The second-order valence-electron chi connectivity index (χ2n) is 5.67. The third kappa shape index (κ3) is 3.76. The second-order valence-corrected chi connectivity index (χ2v) is 5.67. The average Bonchev–Trinajstić information content (AvgIpc) is 3.06. The molecule has 1 aromatic carbocycles. The molecule has 0 aliphatic heterocycles. The van der Waals surface area contributed by atoms with Gasteiger partial charge in [0, 0.05) is 24.7 Å². The van der Waals surface area contributed by atoms with Crippen LogP contribution in [0.2, 0.25) is 0 Å². The quantitative estimate of drug-likeness (QED) is 0.715. The third-order valence-corrected chi connectivity index (χ3v) is 3.89. The van der Waals surface area contributed by atoms with Crippen LogP contribution in [0.1, 0.15) is 27.2 Å². The van der Waals surface area contributed by atoms with Crippen molar-refractivity contribution in [2.45, 2.75) is 19.7 Å². The molecule has 1 amide bonds. The Balaban J connectivity index is 2.02. The molecule has 27 heavy (non-hydrogen) atoms. The Morgan fingerprint density at radius 3 is 2.78 bits per heavy atom. The van der Waals surface area contributed by atoms with Crippen LogP contribution in [-0.2, 0) is 6.42 Å². The van der Waals surface area contributed by atoms with E-state index in [2.05, 4.69) is 25.1 Å². The summed E-state index contributed by atoms with van der Waals surface area (Å²) < 4.78 is 43.0. The summed E-state index contributed by atoms with van der Waals surface area (Å²) in [4.78, 5) is 20.2. The molecular formula is C16H15F3N6O2. The van der Waals surface area contributed by atoms with Crippen molar-refractivity contribution < 1.29 is 22.7 Å². The number of carbonyl (C=O) groups is 1. The molecule has 0 spiro atoms. The fourth-order valence-corrected chi connectivity index (χ4v) is 2.65. The molecule has 0 aliphatic carbocycles. The van der Waals surface area contributed by atoms with E-state index in [4.69, 9.17) is 5.73 Å². The van der Waals surface area contributed by atoms with Gasteiger partial charge in [0.1, 0.15) is 17.9 Å². The molecule has 0 aliphatic rings. The lowest BCUT2D eigenvalue weighted by atomic mass is 10.0. The molecule has 0 bridgehead atoms. The summed E-state index contributed by atoms with van der Waals surface area (Å²) in [6.07, 6.45) is -3.36. The van der Waals surface area contributed by atoms with E-state index in [-0.39, 0.29) is 12.0 Å². The molecule has 8 nitrogen and oxygen atoms in total. The minimum atomic E-state index is -4.91. The zero-order valence-electron chi connectivity index (χ0n) is 14.3. The van der Waals surface area contributed by atoms with Gasteiger partial charge in [-0.3, -0.25) is 4.79 Å². The van der Waals surface area contributed by atoms with Gasteiger partial charge in [0.05, 0.1) is 5.56 Å². The molecular weight excluding hydrogens is 365 g/mol. The lowest BCUT2D eigenvalue weighted by Gasteiger charge is -2.15. The second kappa shape index (κ2) is 6.74. The molecule has 0 saturated heterocycles. The van der Waals surface area contributed by atoms with E-state index >= 15 is 0 Å². The van der Waals surface area contributed by atoms with E-state index < -0.39 is 18.0 Å². The number of anilines is 1. The number of amides is 1. The van der Waals surface area contributed by atoms with E-state index in [1.807, 2.05) is 0 Å². The third-order valence-electron chi connectivity index (χ3n) is 3.89. The first kappa shape index (κ1) is 18.4. The van der Waals surface area contributed by atoms with Gasteiger partial charge >= 0.3 is 6.36 Å². The first-order valence-electron chi connectivity index (χ1n) is 7.75. The lowest BCUT2D eigenvalue weighted by Crippen LogP contribution is -2.23. The number of fused-ring (bicyclic) bond motifs is 1. The molecule has 3 aromatic rings.